The Morgan fingerprint density at radius 1 is 1.23 bits per heavy atom. The maximum atomic E-state index is 13.3. The zero-order valence-corrected chi connectivity index (χ0v) is 15.5. The average molecular weight is 370 g/mol. The third kappa shape index (κ3) is 3.66. The molecule has 136 valence electrons. The van der Waals surface area contributed by atoms with Gasteiger partial charge in [0.15, 0.2) is 6.10 Å². The van der Waals surface area contributed by atoms with Gasteiger partial charge in [-0.3, -0.25) is 9.59 Å². The number of ether oxygens (including phenoxy) is 1. The highest BCUT2D eigenvalue weighted by Gasteiger charge is 2.42. The number of nitrogens with zero attached hydrogens (tertiary/aromatic N) is 1. The van der Waals surface area contributed by atoms with Gasteiger partial charge in [-0.15, -0.1) is 11.3 Å². The molecule has 2 aliphatic rings. The Balaban J connectivity index is 1.57. The summed E-state index contributed by atoms with van der Waals surface area (Å²) in [6, 6.07) is 13.6. The van der Waals surface area contributed by atoms with Crippen LogP contribution in [-0.2, 0) is 20.9 Å². The summed E-state index contributed by atoms with van der Waals surface area (Å²) in [4.78, 5) is 29.6. The van der Waals surface area contributed by atoms with Gasteiger partial charge in [0.25, 0.3) is 5.91 Å². The van der Waals surface area contributed by atoms with Crippen molar-refractivity contribution in [3.8, 4) is 0 Å². The summed E-state index contributed by atoms with van der Waals surface area (Å²) in [6.07, 6.45) is 1.38. The lowest BCUT2D eigenvalue weighted by molar-refractivity contribution is -0.156. The monoisotopic (exact) mass is 370 g/mol. The maximum Gasteiger partial charge on any atom is 0.254 e. The minimum atomic E-state index is -0.684. The van der Waals surface area contributed by atoms with Gasteiger partial charge in [0.1, 0.15) is 6.61 Å². The van der Waals surface area contributed by atoms with Crippen LogP contribution < -0.4 is 5.32 Å². The number of thiophene rings is 1. The molecule has 4 rings (SSSR count). The molecule has 2 heterocycles. The van der Waals surface area contributed by atoms with Crippen molar-refractivity contribution in [2.75, 3.05) is 6.61 Å². The molecule has 1 aliphatic carbocycles. The Kier molecular flexibility index (Phi) is 4.78. The fourth-order valence-electron chi connectivity index (χ4n) is 3.36. The molecule has 0 bridgehead atoms. The van der Waals surface area contributed by atoms with Crippen LogP contribution in [0.3, 0.4) is 0 Å². The smallest absolute Gasteiger partial charge is 0.254 e. The molecular formula is C20H22N2O3S. The van der Waals surface area contributed by atoms with E-state index in [1.807, 2.05) is 35.2 Å². The number of hydrogen-bond donors (Lipinski definition) is 1. The van der Waals surface area contributed by atoms with Gasteiger partial charge in [-0.25, -0.2) is 0 Å². The second-order valence-electron chi connectivity index (χ2n) is 6.90. The molecule has 1 aliphatic heterocycles. The Hall–Kier alpha value is -2.18. The van der Waals surface area contributed by atoms with Crippen LogP contribution in [-0.4, -0.2) is 35.5 Å². The van der Waals surface area contributed by atoms with E-state index in [4.69, 9.17) is 4.74 Å². The lowest BCUT2D eigenvalue weighted by Gasteiger charge is -2.35. The van der Waals surface area contributed by atoms with Gasteiger partial charge in [0, 0.05) is 15.8 Å². The van der Waals surface area contributed by atoms with E-state index in [-0.39, 0.29) is 24.5 Å². The minimum Gasteiger partial charge on any atom is -0.356 e. The highest BCUT2D eigenvalue weighted by atomic mass is 32.1. The molecule has 26 heavy (non-hydrogen) atoms. The standard InChI is InChI=1S/C20H22N2O3S/c1-13-7-10-16(26-13)11-22(15-8-9-15)20(24)19-18(21-17(23)12-25-19)14-5-3-2-4-6-14/h2-7,10,15,18-19H,8-9,11-12H2,1H3,(H,21,23)/t18-,19+/m1/s1. The van der Waals surface area contributed by atoms with Crippen molar-refractivity contribution in [3.63, 3.8) is 0 Å². The molecule has 1 aromatic carbocycles. The van der Waals surface area contributed by atoms with Gasteiger partial charge in [0.05, 0.1) is 12.6 Å². The van der Waals surface area contributed by atoms with E-state index < -0.39 is 12.1 Å². The van der Waals surface area contributed by atoms with Crippen LogP contribution in [0.1, 0.15) is 34.2 Å². The van der Waals surface area contributed by atoms with E-state index >= 15 is 0 Å². The van der Waals surface area contributed by atoms with Crippen molar-refractivity contribution in [2.24, 2.45) is 0 Å². The first kappa shape index (κ1) is 17.2. The number of morpholine rings is 1. The summed E-state index contributed by atoms with van der Waals surface area (Å²) in [7, 11) is 0. The Morgan fingerprint density at radius 3 is 2.65 bits per heavy atom. The van der Waals surface area contributed by atoms with Crippen LogP contribution in [0.15, 0.2) is 42.5 Å². The first-order valence-electron chi connectivity index (χ1n) is 8.93. The van der Waals surface area contributed by atoms with Gasteiger partial charge in [-0.2, -0.15) is 0 Å². The van der Waals surface area contributed by atoms with E-state index in [0.29, 0.717) is 6.54 Å². The summed E-state index contributed by atoms with van der Waals surface area (Å²) in [5, 5.41) is 2.94. The average Bonchev–Trinajstić information content (AvgIpc) is 3.41. The van der Waals surface area contributed by atoms with Gasteiger partial charge in [0.2, 0.25) is 5.91 Å². The molecule has 0 spiro atoms. The lowest BCUT2D eigenvalue weighted by Crippen LogP contribution is -2.53. The van der Waals surface area contributed by atoms with Crippen molar-refractivity contribution >= 4 is 23.2 Å². The van der Waals surface area contributed by atoms with Crippen molar-refractivity contribution in [3.05, 3.63) is 57.8 Å². The van der Waals surface area contributed by atoms with Gasteiger partial charge < -0.3 is 15.0 Å². The van der Waals surface area contributed by atoms with E-state index in [2.05, 4.69) is 24.4 Å². The van der Waals surface area contributed by atoms with Crippen LogP contribution in [0.2, 0.25) is 0 Å². The largest absolute Gasteiger partial charge is 0.356 e. The molecule has 2 amide bonds. The second-order valence-corrected chi connectivity index (χ2v) is 8.27. The summed E-state index contributed by atoms with van der Waals surface area (Å²) < 4.78 is 5.72. The van der Waals surface area contributed by atoms with Gasteiger partial charge >= 0.3 is 0 Å². The summed E-state index contributed by atoms with van der Waals surface area (Å²) >= 11 is 1.72. The summed E-state index contributed by atoms with van der Waals surface area (Å²) in [5.74, 6) is -0.220. The number of nitrogens with one attached hydrogen (secondary N) is 1. The molecule has 1 saturated carbocycles. The van der Waals surface area contributed by atoms with Crippen molar-refractivity contribution in [2.45, 2.75) is 44.5 Å². The van der Waals surface area contributed by atoms with E-state index in [1.165, 1.54) is 9.75 Å². The molecule has 6 heteroatoms. The number of aryl methyl sites for hydroxylation is 1. The quantitative estimate of drug-likeness (QED) is 0.880. The first-order chi connectivity index (χ1) is 12.6. The van der Waals surface area contributed by atoms with Crippen LogP contribution in [0, 0.1) is 6.92 Å². The fourth-order valence-corrected chi connectivity index (χ4v) is 4.25. The van der Waals surface area contributed by atoms with Crippen LogP contribution in [0.25, 0.3) is 0 Å². The normalized spacial score (nSPS) is 22.7. The highest BCUT2D eigenvalue weighted by Crippen LogP contribution is 2.33. The minimum absolute atomic E-state index is 0.0348. The first-order valence-corrected chi connectivity index (χ1v) is 9.75. The number of carbonyl (C=O) groups is 2. The summed E-state index contributed by atoms with van der Waals surface area (Å²) in [6.45, 7) is 2.61. The predicted molar refractivity (Wildman–Crippen MR) is 99.7 cm³/mol. The van der Waals surface area contributed by atoms with Crippen molar-refractivity contribution in [1.82, 2.24) is 10.2 Å². The number of carbonyl (C=O) groups excluding carboxylic acids is 2. The molecule has 2 aromatic rings. The van der Waals surface area contributed by atoms with Crippen molar-refractivity contribution in [1.29, 1.82) is 0 Å². The van der Waals surface area contributed by atoms with Gasteiger partial charge in [-0.1, -0.05) is 30.3 Å². The molecule has 1 N–H and O–H groups in total. The topological polar surface area (TPSA) is 58.6 Å². The fraction of sp³-hybridized carbons (Fsp3) is 0.400. The predicted octanol–water partition coefficient (Wildman–Crippen LogP) is 2.80. The third-order valence-electron chi connectivity index (χ3n) is 4.81. The van der Waals surface area contributed by atoms with E-state index in [1.54, 1.807) is 11.3 Å². The SMILES string of the molecule is Cc1ccc(CN(C(=O)[C@H]2OCC(=O)N[C@@H]2c2ccccc2)C2CC2)s1. The Labute approximate surface area is 157 Å². The summed E-state index contributed by atoms with van der Waals surface area (Å²) in [5.41, 5.74) is 0.890. The van der Waals surface area contributed by atoms with Crippen molar-refractivity contribution < 1.29 is 14.3 Å². The molecule has 1 saturated heterocycles. The molecule has 2 fully saturated rings. The Bertz CT molecular complexity index is 800. The molecular weight excluding hydrogens is 348 g/mol. The van der Waals surface area contributed by atoms with Gasteiger partial charge in [-0.05, 0) is 37.5 Å². The number of benzene rings is 1. The lowest BCUT2D eigenvalue weighted by atomic mass is 9.98. The molecule has 0 radical (unpaired) electrons. The molecule has 2 atom stereocenters. The molecule has 5 nitrogen and oxygen atoms in total. The maximum absolute atomic E-state index is 13.3. The number of hydrogen-bond acceptors (Lipinski definition) is 4. The zero-order valence-electron chi connectivity index (χ0n) is 14.7. The van der Waals surface area contributed by atoms with Crippen LogP contribution in [0.5, 0.6) is 0 Å². The second kappa shape index (κ2) is 7.21. The molecule has 1 aromatic heterocycles. The van der Waals surface area contributed by atoms with E-state index in [9.17, 15) is 9.59 Å². The number of amides is 2. The van der Waals surface area contributed by atoms with E-state index in [0.717, 1.165) is 18.4 Å². The number of rotatable bonds is 5. The van der Waals surface area contributed by atoms with Crippen LogP contribution in [0.4, 0.5) is 0 Å². The molecule has 0 unspecified atom stereocenters. The zero-order chi connectivity index (χ0) is 18.1. The third-order valence-corrected chi connectivity index (χ3v) is 5.79. The van der Waals surface area contributed by atoms with Crippen LogP contribution >= 0.6 is 11.3 Å². The Morgan fingerprint density at radius 2 is 2.00 bits per heavy atom. The highest BCUT2D eigenvalue weighted by molar-refractivity contribution is 7.11.